The van der Waals surface area contributed by atoms with Crippen molar-refractivity contribution in [3.63, 3.8) is 0 Å². The molecule has 0 spiro atoms. The van der Waals surface area contributed by atoms with Crippen LogP contribution in [0.3, 0.4) is 0 Å². The lowest BCUT2D eigenvalue weighted by Gasteiger charge is -2.14. The molecule has 0 radical (unpaired) electrons. The molecule has 1 atom stereocenters. The molecule has 38 heavy (non-hydrogen) atoms. The Balaban J connectivity index is 1.78. The summed E-state index contributed by atoms with van der Waals surface area (Å²) < 4.78 is 11.0. The van der Waals surface area contributed by atoms with Gasteiger partial charge >= 0.3 is 11.9 Å². The summed E-state index contributed by atoms with van der Waals surface area (Å²) in [5, 5.41) is 29.6. The fourth-order valence-corrected chi connectivity index (χ4v) is 5.25. The Kier molecular flexibility index (Phi) is 9.30. The molecular weight excluding hydrogens is 570 g/mol. The van der Waals surface area contributed by atoms with E-state index in [-0.39, 0.29) is 5.75 Å². The van der Waals surface area contributed by atoms with E-state index in [1.807, 2.05) is 6.07 Å². The molecule has 3 rings (SSSR count). The van der Waals surface area contributed by atoms with E-state index >= 15 is 0 Å². The number of nitrogens with zero attached hydrogens (tertiary/aromatic N) is 3. The van der Waals surface area contributed by atoms with Gasteiger partial charge in [0.25, 0.3) is 15.9 Å². The Hall–Kier alpha value is -4.55. The van der Waals surface area contributed by atoms with E-state index in [9.17, 15) is 39.9 Å². The zero-order valence-electron chi connectivity index (χ0n) is 18.6. The van der Waals surface area contributed by atoms with E-state index < -0.39 is 63.2 Å². The third kappa shape index (κ3) is 7.98. The summed E-state index contributed by atoms with van der Waals surface area (Å²) in [4.78, 5) is 65.6. The van der Waals surface area contributed by atoms with E-state index in [1.54, 1.807) is 12.1 Å². The lowest BCUT2D eigenvalue weighted by Crippen LogP contribution is -2.29. The number of ether oxygens (including phenoxy) is 2. The number of esters is 2. The van der Waals surface area contributed by atoms with Crippen molar-refractivity contribution < 1.29 is 43.8 Å². The maximum atomic E-state index is 12.8. The molecule has 1 aromatic heterocycles. The van der Waals surface area contributed by atoms with Crippen LogP contribution in [0.4, 0.5) is 5.69 Å². The monoisotopic (exact) mass is 583 g/mol. The van der Waals surface area contributed by atoms with Gasteiger partial charge in [0, 0.05) is 17.0 Å². The highest BCUT2D eigenvalue weighted by Crippen LogP contribution is 2.31. The molecule has 0 aliphatic rings. The third-order valence-electron chi connectivity index (χ3n) is 4.42. The van der Waals surface area contributed by atoms with Crippen LogP contribution in [-0.4, -0.2) is 39.7 Å². The molecule has 2 aromatic carbocycles. The third-order valence-corrected chi connectivity index (χ3v) is 7.34. The van der Waals surface area contributed by atoms with Crippen molar-refractivity contribution in [1.82, 2.24) is 0 Å². The summed E-state index contributed by atoms with van der Waals surface area (Å²) in [7, 11) is 2.90. The first-order valence-corrected chi connectivity index (χ1v) is 12.6. The van der Waals surface area contributed by atoms with E-state index in [0.717, 1.165) is 32.5 Å². The van der Waals surface area contributed by atoms with Gasteiger partial charge in [0.1, 0.15) is 33.6 Å². The SMILES string of the molecule is O=C(CC(CO[N+](=O)[O-])O[N+](=O)[O-])Oc1ccc([N+](=O)[O-])cc1C(=O)Oc1ccc(-c2cc(=S)ss2)cc1. The van der Waals surface area contributed by atoms with Crippen LogP contribution in [0.15, 0.2) is 48.5 Å². The van der Waals surface area contributed by atoms with Crippen LogP contribution >= 0.6 is 32.9 Å². The second-order valence-corrected chi connectivity index (χ2v) is 9.91. The van der Waals surface area contributed by atoms with Crippen molar-refractivity contribution in [3.8, 4) is 21.9 Å². The van der Waals surface area contributed by atoms with Crippen molar-refractivity contribution >= 4 is 50.5 Å². The van der Waals surface area contributed by atoms with Gasteiger partial charge in [0.15, 0.2) is 0 Å². The van der Waals surface area contributed by atoms with Gasteiger partial charge < -0.3 is 19.1 Å². The van der Waals surface area contributed by atoms with Crippen molar-refractivity contribution in [3.05, 3.63) is 88.3 Å². The molecule has 198 valence electrons. The van der Waals surface area contributed by atoms with Gasteiger partial charge in [-0.05, 0) is 42.0 Å². The second-order valence-electron chi connectivity index (χ2n) is 6.99. The number of non-ortho nitro benzene ring substituents is 1. The first kappa shape index (κ1) is 28.0. The Morgan fingerprint density at radius 2 is 1.63 bits per heavy atom. The zero-order valence-corrected chi connectivity index (χ0v) is 21.0. The molecule has 0 aliphatic heterocycles. The topological polar surface area (TPSA) is 200 Å². The molecule has 0 fully saturated rings. The summed E-state index contributed by atoms with van der Waals surface area (Å²) in [6.45, 7) is -0.964. The van der Waals surface area contributed by atoms with Crippen LogP contribution in [0.5, 0.6) is 11.5 Å². The number of nitro groups is 1. The highest BCUT2D eigenvalue weighted by Gasteiger charge is 2.25. The molecule has 18 heteroatoms. The summed E-state index contributed by atoms with van der Waals surface area (Å²) in [5.41, 5.74) is -0.194. The predicted molar refractivity (Wildman–Crippen MR) is 132 cm³/mol. The van der Waals surface area contributed by atoms with Gasteiger partial charge in [-0.1, -0.05) is 32.9 Å². The molecule has 1 unspecified atom stereocenters. The van der Waals surface area contributed by atoms with Gasteiger partial charge in [-0.15, -0.1) is 20.2 Å². The Labute approximate surface area is 223 Å². The molecule has 0 saturated carbocycles. The average molecular weight is 584 g/mol. The molecule has 0 bridgehead atoms. The van der Waals surface area contributed by atoms with E-state index in [2.05, 4.69) is 9.68 Å². The predicted octanol–water partition coefficient (Wildman–Crippen LogP) is 4.41. The Bertz CT molecular complexity index is 1440. The molecule has 0 aliphatic carbocycles. The molecule has 0 amide bonds. The van der Waals surface area contributed by atoms with Crippen molar-refractivity contribution in [2.24, 2.45) is 0 Å². The molecule has 1 heterocycles. The summed E-state index contributed by atoms with van der Waals surface area (Å²) in [6, 6.07) is 10.9. The van der Waals surface area contributed by atoms with Crippen molar-refractivity contribution in [1.29, 1.82) is 0 Å². The van der Waals surface area contributed by atoms with Gasteiger partial charge in [-0.25, -0.2) is 4.79 Å². The molecule has 3 aromatic rings. The number of benzene rings is 2. The largest absolute Gasteiger partial charge is 0.426 e. The standard InChI is InChI=1S/C20H13N3O12S3/c24-18(8-14(35-23(30)31)10-32-22(28)29)34-16-6-3-12(21(26)27)7-15(16)20(25)33-13-4-1-11(2-5-13)17-9-19(36)38-37-17/h1-7,9,14H,8,10H2. The molecule has 0 N–H and O–H groups in total. The van der Waals surface area contributed by atoms with E-state index in [0.29, 0.717) is 0 Å². The van der Waals surface area contributed by atoms with Gasteiger partial charge in [0.2, 0.25) is 0 Å². The molecule has 0 saturated heterocycles. The van der Waals surface area contributed by atoms with Crippen LogP contribution < -0.4 is 9.47 Å². The van der Waals surface area contributed by atoms with Crippen LogP contribution in [0.25, 0.3) is 10.4 Å². The van der Waals surface area contributed by atoms with Crippen LogP contribution in [0, 0.1) is 34.2 Å². The van der Waals surface area contributed by atoms with Crippen LogP contribution in [0.1, 0.15) is 16.8 Å². The first-order valence-electron chi connectivity index (χ1n) is 10.0. The fourth-order valence-electron chi connectivity index (χ4n) is 2.84. The fraction of sp³-hybridized carbons (Fsp3) is 0.150. The number of carbonyl (C=O) groups is 2. The summed E-state index contributed by atoms with van der Waals surface area (Å²) in [6.07, 6.45) is -2.60. The number of rotatable bonds is 12. The Morgan fingerprint density at radius 1 is 0.921 bits per heavy atom. The smallest absolute Gasteiger partial charge is 0.347 e. The minimum Gasteiger partial charge on any atom is -0.426 e. The quantitative estimate of drug-likeness (QED) is 0.0725. The van der Waals surface area contributed by atoms with Crippen molar-refractivity contribution in [2.45, 2.75) is 12.5 Å². The second kappa shape index (κ2) is 12.6. The minimum atomic E-state index is -1.71. The summed E-state index contributed by atoms with van der Waals surface area (Å²) >= 11 is 5.11. The van der Waals surface area contributed by atoms with Gasteiger partial charge in [0.05, 0.1) is 11.3 Å². The van der Waals surface area contributed by atoms with Gasteiger partial charge in [-0.2, -0.15) is 0 Å². The van der Waals surface area contributed by atoms with Gasteiger partial charge in [-0.3, -0.25) is 14.9 Å². The maximum absolute atomic E-state index is 12.8. The average Bonchev–Trinajstić information content (AvgIpc) is 3.28. The zero-order chi connectivity index (χ0) is 27.8. The number of hydrogen-bond donors (Lipinski definition) is 0. The number of carbonyl (C=O) groups excluding carboxylic acids is 2. The lowest BCUT2D eigenvalue weighted by molar-refractivity contribution is -0.789. The molecular formula is C20H13N3O12S3. The molecule has 15 nitrogen and oxygen atoms in total. The first-order chi connectivity index (χ1) is 18.0. The Morgan fingerprint density at radius 3 is 2.21 bits per heavy atom. The van der Waals surface area contributed by atoms with Crippen molar-refractivity contribution in [2.75, 3.05) is 6.61 Å². The van der Waals surface area contributed by atoms with E-state index in [4.69, 9.17) is 21.7 Å². The normalized spacial score (nSPS) is 11.2. The summed E-state index contributed by atoms with van der Waals surface area (Å²) in [5.74, 6) is -2.70. The highest BCUT2D eigenvalue weighted by atomic mass is 32.9. The lowest BCUT2D eigenvalue weighted by atomic mass is 10.1. The number of hydrogen-bond acceptors (Lipinski definition) is 15. The van der Waals surface area contributed by atoms with Crippen LogP contribution in [-0.2, 0) is 14.5 Å². The van der Waals surface area contributed by atoms with E-state index in [1.165, 1.54) is 32.8 Å². The minimum absolute atomic E-state index is 0.0812. The maximum Gasteiger partial charge on any atom is 0.347 e. The van der Waals surface area contributed by atoms with Crippen LogP contribution in [0.2, 0.25) is 0 Å². The highest BCUT2D eigenvalue weighted by molar-refractivity contribution is 7.80. The number of nitro benzene ring substituents is 1.